The van der Waals surface area contributed by atoms with Crippen LogP contribution < -0.4 is 16.0 Å². The molecule has 1 aromatic rings. The number of halogens is 1. The Hall–Kier alpha value is -1.17. The van der Waals surface area contributed by atoms with Gasteiger partial charge in [-0.25, -0.2) is 9.82 Å². The van der Waals surface area contributed by atoms with Crippen LogP contribution >= 0.6 is 0 Å². The normalized spacial score (nSPS) is 13.5. The van der Waals surface area contributed by atoms with Gasteiger partial charge in [0.1, 0.15) is 0 Å². The molecule has 0 amide bonds. The number of benzene rings is 1. The van der Waals surface area contributed by atoms with Crippen molar-refractivity contribution in [3.05, 3.63) is 29.6 Å². The summed E-state index contributed by atoms with van der Waals surface area (Å²) in [7, 11) is 2.98. The van der Waals surface area contributed by atoms with Crippen LogP contribution in [0.15, 0.2) is 18.2 Å². The summed E-state index contributed by atoms with van der Waals surface area (Å²) in [6.07, 6.45) is 0. The molecular weight excluding hydrogens is 223 g/mol. The molecule has 17 heavy (non-hydrogen) atoms. The first-order valence-electron chi connectivity index (χ1n) is 5.31. The number of rotatable bonds is 5. The molecule has 0 aliphatic heterocycles. The summed E-state index contributed by atoms with van der Waals surface area (Å²) in [6, 6.07) is 4.46. The molecule has 5 heteroatoms. The van der Waals surface area contributed by atoms with Crippen molar-refractivity contribution in [2.45, 2.75) is 25.5 Å². The first-order chi connectivity index (χ1) is 7.97. The Kier molecular flexibility index (Phi) is 4.45. The average Bonchev–Trinajstić information content (AvgIpc) is 2.32. The smallest absolute Gasteiger partial charge is 0.169 e. The molecule has 0 saturated carbocycles. The molecule has 96 valence electrons. The molecule has 0 radical (unpaired) electrons. The minimum atomic E-state index is -0.637. The fraction of sp³-hybridized carbons (Fsp3) is 0.500. The highest BCUT2D eigenvalue weighted by Crippen LogP contribution is 2.32. The van der Waals surface area contributed by atoms with E-state index in [-0.39, 0.29) is 5.75 Å². The van der Waals surface area contributed by atoms with Crippen LogP contribution in [-0.2, 0) is 4.74 Å². The summed E-state index contributed by atoms with van der Waals surface area (Å²) in [5, 5.41) is 0. The Balaban J connectivity index is 3.21. The molecule has 3 N–H and O–H groups in total. The molecule has 0 spiro atoms. The molecule has 0 heterocycles. The van der Waals surface area contributed by atoms with Gasteiger partial charge in [0.2, 0.25) is 0 Å². The quantitative estimate of drug-likeness (QED) is 0.610. The van der Waals surface area contributed by atoms with Crippen LogP contribution in [0.3, 0.4) is 0 Å². The lowest BCUT2D eigenvalue weighted by Crippen LogP contribution is -2.44. The highest BCUT2D eigenvalue weighted by atomic mass is 19.1. The summed E-state index contributed by atoms with van der Waals surface area (Å²) < 4.78 is 24.4. The van der Waals surface area contributed by atoms with Crippen LogP contribution in [0, 0.1) is 5.82 Å². The molecule has 1 unspecified atom stereocenters. The standard InChI is InChI=1S/C12H19FN2O2/c1-12(2,17-4)11(15-14)8-6-5-7-9(16-3)10(8)13/h5-7,11,15H,14H2,1-4H3. The molecule has 0 aliphatic carbocycles. The molecule has 1 atom stereocenters. The van der Waals surface area contributed by atoms with Crippen LogP contribution in [0.4, 0.5) is 4.39 Å². The largest absolute Gasteiger partial charge is 0.494 e. The zero-order chi connectivity index (χ0) is 13.1. The molecular formula is C12H19FN2O2. The van der Waals surface area contributed by atoms with Crippen LogP contribution in [-0.4, -0.2) is 19.8 Å². The number of methoxy groups -OCH3 is 2. The monoisotopic (exact) mass is 242 g/mol. The lowest BCUT2D eigenvalue weighted by atomic mass is 9.91. The van der Waals surface area contributed by atoms with Crippen LogP contribution in [0.1, 0.15) is 25.5 Å². The fourth-order valence-corrected chi connectivity index (χ4v) is 1.69. The third-order valence-electron chi connectivity index (χ3n) is 2.91. The van der Waals surface area contributed by atoms with Crippen molar-refractivity contribution in [3.8, 4) is 5.75 Å². The van der Waals surface area contributed by atoms with Crippen molar-refractivity contribution in [2.75, 3.05) is 14.2 Å². The van der Waals surface area contributed by atoms with E-state index in [0.29, 0.717) is 5.56 Å². The van der Waals surface area contributed by atoms with Crippen molar-refractivity contribution in [3.63, 3.8) is 0 Å². The highest BCUT2D eigenvalue weighted by Gasteiger charge is 2.32. The number of nitrogens with one attached hydrogen (secondary N) is 1. The van der Waals surface area contributed by atoms with E-state index in [1.165, 1.54) is 7.11 Å². The zero-order valence-corrected chi connectivity index (χ0v) is 10.6. The summed E-state index contributed by atoms with van der Waals surface area (Å²) in [4.78, 5) is 0. The van der Waals surface area contributed by atoms with Crippen molar-refractivity contribution >= 4 is 0 Å². The Morgan fingerprint density at radius 2 is 2.00 bits per heavy atom. The van der Waals surface area contributed by atoms with Gasteiger partial charge in [-0.3, -0.25) is 5.84 Å². The maximum Gasteiger partial charge on any atom is 0.169 e. The molecule has 1 rings (SSSR count). The van der Waals surface area contributed by atoms with Crippen molar-refractivity contribution in [1.29, 1.82) is 0 Å². The second-order valence-corrected chi connectivity index (χ2v) is 4.27. The van der Waals surface area contributed by atoms with Gasteiger partial charge in [0.05, 0.1) is 18.8 Å². The second kappa shape index (κ2) is 5.44. The van der Waals surface area contributed by atoms with E-state index in [4.69, 9.17) is 15.3 Å². The molecule has 0 aromatic heterocycles. The molecule has 1 aromatic carbocycles. The van der Waals surface area contributed by atoms with Gasteiger partial charge in [-0.2, -0.15) is 0 Å². The zero-order valence-electron chi connectivity index (χ0n) is 10.6. The van der Waals surface area contributed by atoms with E-state index in [1.807, 2.05) is 13.8 Å². The number of ether oxygens (including phenoxy) is 2. The third-order valence-corrected chi connectivity index (χ3v) is 2.91. The minimum Gasteiger partial charge on any atom is -0.494 e. The van der Waals surface area contributed by atoms with E-state index in [2.05, 4.69) is 5.43 Å². The predicted octanol–water partition coefficient (Wildman–Crippen LogP) is 1.76. The Bertz CT molecular complexity index is 383. The predicted molar refractivity (Wildman–Crippen MR) is 64.1 cm³/mol. The molecule has 0 aliphatic rings. The van der Waals surface area contributed by atoms with Gasteiger partial charge < -0.3 is 9.47 Å². The number of hydrogen-bond donors (Lipinski definition) is 2. The van der Waals surface area contributed by atoms with Crippen LogP contribution in [0.25, 0.3) is 0 Å². The number of hydrazine groups is 1. The van der Waals surface area contributed by atoms with Gasteiger partial charge in [-0.05, 0) is 19.9 Å². The van der Waals surface area contributed by atoms with E-state index >= 15 is 0 Å². The molecule has 0 saturated heterocycles. The molecule has 4 nitrogen and oxygen atoms in total. The first-order valence-corrected chi connectivity index (χ1v) is 5.31. The Morgan fingerprint density at radius 3 is 2.47 bits per heavy atom. The van der Waals surface area contributed by atoms with Gasteiger partial charge in [-0.15, -0.1) is 0 Å². The summed E-state index contributed by atoms with van der Waals surface area (Å²) in [6.45, 7) is 3.66. The van der Waals surface area contributed by atoms with Crippen LogP contribution in [0.2, 0.25) is 0 Å². The van der Waals surface area contributed by atoms with Gasteiger partial charge in [0, 0.05) is 12.7 Å². The maximum absolute atomic E-state index is 14.1. The van der Waals surface area contributed by atoms with E-state index in [9.17, 15) is 4.39 Å². The summed E-state index contributed by atoms with van der Waals surface area (Å²) in [5.74, 6) is 5.25. The highest BCUT2D eigenvalue weighted by molar-refractivity contribution is 5.34. The van der Waals surface area contributed by atoms with Gasteiger partial charge in [0.25, 0.3) is 0 Å². The number of nitrogens with two attached hydrogens (primary N) is 1. The van der Waals surface area contributed by atoms with Crippen molar-refractivity contribution in [2.24, 2.45) is 5.84 Å². The number of hydrogen-bond acceptors (Lipinski definition) is 4. The van der Waals surface area contributed by atoms with Gasteiger partial charge in [-0.1, -0.05) is 12.1 Å². The molecule has 0 bridgehead atoms. The van der Waals surface area contributed by atoms with E-state index in [1.54, 1.807) is 25.3 Å². The van der Waals surface area contributed by atoms with Crippen molar-refractivity contribution in [1.82, 2.24) is 5.43 Å². The van der Waals surface area contributed by atoms with Crippen molar-refractivity contribution < 1.29 is 13.9 Å². The van der Waals surface area contributed by atoms with Gasteiger partial charge >= 0.3 is 0 Å². The van der Waals surface area contributed by atoms with Crippen LogP contribution in [0.5, 0.6) is 5.75 Å². The fourth-order valence-electron chi connectivity index (χ4n) is 1.69. The Morgan fingerprint density at radius 1 is 1.35 bits per heavy atom. The van der Waals surface area contributed by atoms with E-state index < -0.39 is 17.5 Å². The summed E-state index contributed by atoms with van der Waals surface area (Å²) in [5.41, 5.74) is 2.36. The lowest BCUT2D eigenvalue weighted by molar-refractivity contribution is -0.0121. The van der Waals surface area contributed by atoms with Gasteiger partial charge in [0.15, 0.2) is 11.6 Å². The maximum atomic E-state index is 14.1. The topological polar surface area (TPSA) is 56.5 Å². The van der Waals surface area contributed by atoms with E-state index in [0.717, 1.165) is 0 Å². The second-order valence-electron chi connectivity index (χ2n) is 4.27. The third kappa shape index (κ3) is 2.74. The summed E-state index contributed by atoms with van der Waals surface area (Å²) >= 11 is 0. The first kappa shape index (κ1) is 13.9. The molecule has 0 fully saturated rings. The SMILES string of the molecule is COc1cccc(C(NN)C(C)(C)OC)c1F. The average molecular weight is 242 g/mol. The minimum absolute atomic E-state index is 0.189. The lowest BCUT2D eigenvalue weighted by Gasteiger charge is -2.33. The Labute approximate surface area is 101 Å².